The van der Waals surface area contributed by atoms with Crippen molar-refractivity contribution in [2.75, 3.05) is 5.75 Å². The van der Waals surface area contributed by atoms with Crippen LogP contribution in [0, 0.1) is 0 Å². The van der Waals surface area contributed by atoms with Crippen LogP contribution >= 0.6 is 39.3 Å². The standard InChI is InChI=1S/C17H14BrClN2O2S/c1-10(11-2-4-12(18)5-3-11)20-16(22)9-24-17-21-14-8-13(19)6-7-15(14)23-17/h2-8,10H,9H2,1H3,(H,20,22). The summed E-state index contributed by atoms with van der Waals surface area (Å²) >= 11 is 10.6. The Balaban J connectivity index is 1.57. The minimum Gasteiger partial charge on any atom is -0.431 e. The maximum atomic E-state index is 12.1. The van der Waals surface area contributed by atoms with E-state index in [4.69, 9.17) is 16.0 Å². The lowest BCUT2D eigenvalue weighted by Crippen LogP contribution is -2.28. The molecule has 0 fully saturated rings. The van der Waals surface area contributed by atoms with Gasteiger partial charge in [-0.2, -0.15) is 0 Å². The van der Waals surface area contributed by atoms with Crippen LogP contribution in [0.5, 0.6) is 0 Å². The molecule has 2 aromatic carbocycles. The Morgan fingerprint density at radius 1 is 1.33 bits per heavy atom. The average molecular weight is 426 g/mol. The lowest BCUT2D eigenvalue weighted by molar-refractivity contribution is -0.119. The van der Waals surface area contributed by atoms with Crippen LogP contribution in [0.1, 0.15) is 18.5 Å². The summed E-state index contributed by atoms with van der Waals surface area (Å²) in [4.78, 5) is 16.4. The minimum absolute atomic E-state index is 0.0614. The first kappa shape index (κ1) is 17.3. The number of hydrogen-bond donors (Lipinski definition) is 1. The van der Waals surface area contributed by atoms with Crippen molar-refractivity contribution in [2.45, 2.75) is 18.2 Å². The zero-order valence-electron chi connectivity index (χ0n) is 12.8. The highest BCUT2D eigenvalue weighted by Crippen LogP contribution is 2.25. The van der Waals surface area contributed by atoms with Gasteiger partial charge in [0.25, 0.3) is 5.22 Å². The van der Waals surface area contributed by atoms with Crippen LogP contribution in [-0.4, -0.2) is 16.6 Å². The first-order valence-corrected chi connectivity index (χ1v) is 9.40. The van der Waals surface area contributed by atoms with Crippen LogP contribution in [0.4, 0.5) is 0 Å². The zero-order valence-corrected chi connectivity index (χ0v) is 15.9. The molecular weight excluding hydrogens is 412 g/mol. The van der Waals surface area contributed by atoms with Gasteiger partial charge in [0.05, 0.1) is 11.8 Å². The summed E-state index contributed by atoms with van der Waals surface area (Å²) in [6, 6.07) is 13.1. The predicted octanol–water partition coefficient (Wildman–Crippen LogP) is 5.21. The fourth-order valence-corrected chi connectivity index (χ4v) is 3.27. The fourth-order valence-electron chi connectivity index (χ4n) is 2.19. The van der Waals surface area contributed by atoms with Gasteiger partial charge in [0.1, 0.15) is 5.52 Å². The van der Waals surface area contributed by atoms with E-state index in [0.29, 0.717) is 21.3 Å². The van der Waals surface area contributed by atoms with Gasteiger partial charge in [0.2, 0.25) is 5.91 Å². The number of halogens is 2. The molecule has 0 spiro atoms. The summed E-state index contributed by atoms with van der Waals surface area (Å²) in [6.45, 7) is 1.95. The van der Waals surface area contributed by atoms with E-state index >= 15 is 0 Å². The van der Waals surface area contributed by atoms with Gasteiger partial charge in [-0.15, -0.1) is 0 Å². The minimum atomic E-state index is -0.0734. The van der Waals surface area contributed by atoms with Crippen molar-refractivity contribution < 1.29 is 9.21 Å². The molecular formula is C17H14BrClN2O2S. The van der Waals surface area contributed by atoms with Gasteiger partial charge in [-0.3, -0.25) is 4.79 Å². The second-order valence-electron chi connectivity index (χ2n) is 5.22. The number of benzene rings is 2. The molecule has 3 aromatic rings. The summed E-state index contributed by atoms with van der Waals surface area (Å²) in [5.74, 6) is 0.164. The number of hydrogen-bond acceptors (Lipinski definition) is 4. The Hall–Kier alpha value is -1.50. The van der Waals surface area contributed by atoms with Crippen molar-refractivity contribution in [3.63, 3.8) is 0 Å². The Labute approximate surface area is 157 Å². The molecule has 1 aromatic heterocycles. The van der Waals surface area contributed by atoms with Gasteiger partial charge in [-0.1, -0.05) is 51.4 Å². The number of thioether (sulfide) groups is 1. The lowest BCUT2D eigenvalue weighted by atomic mass is 10.1. The summed E-state index contributed by atoms with van der Waals surface area (Å²) in [5, 5.41) is 4.03. The largest absolute Gasteiger partial charge is 0.431 e. The van der Waals surface area contributed by atoms with Crippen molar-refractivity contribution in [2.24, 2.45) is 0 Å². The highest BCUT2D eigenvalue weighted by Gasteiger charge is 2.12. The topological polar surface area (TPSA) is 55.1 Å². The molecule has 0 radical (unpaired) electrons. The number of rotatable bonds is 5. The Morgan fingerprint density at radius 2 is 2.08 bits per heavy atom. The van der Waals surface area contributed by atoms with Crippen LogP contribution in [0.25, 0.3) is 11.1 Å². The fraction of sp³-hybridized carbons (Fsp3) is 0.176. The van der Waals surface area contributed by atoms with Crippen molar-refractivity contribution in [3.8, 4) is 0 Å². The molecule has 1 amide bonds. The van der Waals surface area contributed by atoms with E-state index in [0.717, 1.165) is 10.0 Å². The van der Waals surface area contributed by atoms with Crippen LogP contribution < -0.4 is 5.32 Å². The molecule has 1 atom stereocenters. The lowest BCUT2D eigenvalue weighted by Gasteiger charge is -2.13. The molecule has 0 aliphatic carbocycles. The molecule has 4 nitrogen and oxygen atoms in total. The first-order chi connectivity index (χ1) is 11.5. The van der Waals surface area contributed by atoms with Gasteiger partial charge in [0.15, 0.2) is 5.58 Å². The zero-order chi connectivity index (χ0) is 17.1. The van der Waals surface area contributed by atoms with Gasteiger partial charge in [-0.05, 0) is 42.8 Å². The van der Waals surface area contributed by atoms with Gasteiger partial charge in [-0.25, -0.2) is 4.98 Å². The Bertz CT molecular complexity index is 867. The summed E-state index contributed by atoms with van der Waals surface area (Å²) in [7, 11) is 0. The smallest absolute Gasteiger partial charge is 0.257 e. The number of nitrogens with one attached hydrogen (secondary N) is 1. The molecule has 7 heteroatoms. The first-order valence-electron chi connectivity index (χ1n) is 7.25. The molecule has 0 bridgehead atoms. The monoisotopic (exact) mass is 424 g/mol. The second kappa shape index (κ2) is 7.59. The number of fused-ring (bicyclic) bond motifs is 1. The highest BCUT2D eigenvalue weighted by molar-refractivity contribution is 9.10. The van der Waals surface area contributed by atoms with Gasteiger partial charge in [0, 0.05) is 9.50 Å². The number of carbonyl (C=O) groups is 1. The summed E-state index contributed by atoms with van der Waals surface area (Å²) < 4.78 is 6.59. The van der Waals surface area contributed by atoms with Crippen molar-refractivity contribution in [1.29, 1.82) is 0 Å². The molecule has 1 unspecified atom stereocenters. The Kier molecular flexibility index (Phi) is 5.48. The van der Waals surface area contributed by atoms with Gasteiger partial charge >= 0.3 is 0 Å². The normalized spacial score (nSPS) is 12.3. The van der Waals surface area contributed by atoms with E-state index in [9.17, 15) is 4.79 Å². The number of oxazole rings is 1. The molecule has 0 aliphatic rings. The SMILES string of the molecule is CC(NC(=O)CSc1nc2cc(Cl)ccc2o1)c1ccc(Br)cc1. The van der Waals surface area contributed by atoms with Crippen LogP contribution in [0.3, 0.4) is 0 Å². The molecule has 0 saturated carbocycles. The Morgan fingerprint density at radius 3 is 2.83 bits per heavy atom. The van der Waals surface area contributed by atoms with E-state index in [1.165, 1.54) is 11.8 Å². The molecule has 1 N–H and O–H groups in total. The number of nitrogens with zero attached hydrogens (tertiary/aromatic N) is 1. The van der Waals surface area contributed by atoms with Crippen molar-refractivity contribution in [1.82, 2.24) is 10.3 Å². The number of amides is 1. The van der Waals surface area contributed by atoms with Crippen molar-refractivity contribution in [3.05, 3.63) is 57.5 Å². The van der Waals surface area contributed by atoms with Gasteiger partial charge < -0.3 is 9.73 Å². The van der Waals surface area contributed by atoms with E-state index in [-0.39, 0.29) is 17.7 Å². The average Bonchev–Trinajstić information content (AvgIpc) is 2.95. The van der Waals surface area contributed by atoms with E-state index in [1.54, 1.807) is 18.2 Å². The molecule has 24 heavy (non-hydrogen) atoms. The number of aromatic nitrogens is 1. The van der Waals surface area contributed by atoms with E-state index < -0.39 is 0 Å². The maximum absolute atomic E-state index is 12.1. The van der Waals surface area contributed by atoms with E-state index in [1.807, 2.05) is 31.2 Å². The molecule has 3 rings (SSSR count). The van der Waals surface area contributed by atoms with Crippen LogP contribution in [0.2, 0.25) is 5.02 Å². The molecule has 0 aliphatic heterocycles. The van der Waals surface area contributed by atoms with E-state index in [2.05, 4.69) is 26.2 Å². The predicted molar refractivity (Wildman–Crippen MR) is 100 cm³/mol. The van der Waals surface area contributed by atoms with Crippen LogP contribution in [-0.2, 0) is 4.79 Å². The quantitative estimate of drug-likeness (QED) is 0.570. The molecule has 1 heterocycles. The van der Waals surface area contributed by atoms with Crippen molar-refractivity contribution >= 4 is 56.3 Å². The summed E-state index contributed by atoms with van der Waals surface area (Å²) in [6.07, 6.45) is 0. The third-order valence-corrected chi connectivity index (χ3v) is 5.00. The molecule has 0 saturated heterocycles. The summed E-state index contributed by atoms with van der Waals surface area (Å²) in [5.41, 5.74) is 2.40. The third-order valence-electron chi connectivity index (χ3n) is 3.40. The molecule has 124 valence electrons. The van der Waals surface area contributed by atoms with Crippen LogP contribution in [0.15, 0.2) is 56.6 Å². The third kappa shape index (κ3) is 4.32. The maximum Gasteiger partial charge on any atom is 0.257 e. The number of carbonyl (C=O) groups excluding carboxylic acids is 1. The second-order valence-corrected chi connectivity index (χ2v) is 7.50. The highest BCUT2D eigenvalue weighted by atomic mass is 79.9.